The average molecular weight is 280 g/mol. The topological polar surface area (TPSA) is 56.7 Å². The van der Waals surface area contributed by atoms with Crippen LogP contribution in [0.3, 0.4) is 0 Å². The van der Waals surface area contributed by atoms with Crippen molar-refractivity contribution in [3.8, 4) is 0 Å². The number of hydrogen-bond donors (Lipinski definition) is 1. The van der Waals surface area contributed by atoms with E-state index >= 15 is 0 Å². The molecule has 0 aliphatic carbocycles. The van der Waals surface area contributed by atoms with Crippen molar-refractivity contribution in [3.63, 3.8) is 0 Å². The van der Waals surface area contributed by atoms with Crippen LogP contribution in [-0.2, 0) is 19.4 Å². The van der Waals surface area contributed by atoms with Crippen molar-refractivity contribution in [1.82, 2.24) is 14.5 Å². The van der Waals surface area contributed by atoms with Gasteiger partial charge in [0.1, 0.15) is 5.82 Å². The second kappa shape index (κ2) is 6.06. The Bertz CT molecular complexity index is 718. The number of nitrogens with two attached hydrogens (primary N) is 1. The number of benzene rings is 1. The summed E-state index contributed by atoms with van der Waals surface area (Å²) in [4.78, 5) is 9.07. The minimum absolute atomic E-state index is 0.0296. The van der Waals surface area contributed by atoms with E-state index in [-0.39, 0.29) is 6.04 Å². The van der Waals surface area contributed by atoms with Gasteiger partial charge < -0.3 is 10.3 Å². The van der Waals surface area contributed by atoms with E-state index in [1.165, 1.54) is 5.52 Å². The zero-order chi connectivity index (χ0) is 14.7. The van der Waals surface area contributed by atoms with Gasteiger partial charge in [-0.25, -0.2) is 4.98 Å². The number of hydrogen-bond acceptors (Lipinski definition) is 3. The van der Waals surface area contributed by atoms with Crippen molar-refractivity contribution in [2.45, 2.75) is 32.4 Å². The van der Waals surface area contributed by atoms with E-state index in [0.717, 1.165) is 36.4 Å². The molecule has 4 nitrogen and oxygen atoms in total. The lowest BCUT2D eigenvalue weighted by Gasteiger charge is -2.12. The highest BCUT2D eigenvalue weighted by molar-refractivity contribution is 5.75. The largest absolute Gasteiger partial charge is 0.328 e. The Morgan fingerprint density at radius 2 is 1.90 bits per heavy atom. The number of rotatable bonds is 5. The van der Waals surface area contributed by atoms with Crippen LogP contribution in [0.4, 0.5) is 0 Å². The molecule has 0 radical (unpaired) electrons. The van der Waals surface area contributed by atoms with Crippen molar-refractivity contribution in [1.29, 1.82) is 0 Å². The molecular weight excluding hydrogens is 260 g/mol. The van der Waals surface area contributed by atoms with Crippen LogP contribution in [-0.4, -0.2) is 20.6 Å². The summed E-state index contributed by atoms with van der Waals surface area (Å²) in [7, 11) is 0. The molecule has 0 bridgehead atoms. The summed E-state index contributed by atoms with van der Waals surface area (Å²) in [6.45, 7) is 3.05. The third-order valence-electron chi connectivity index (χ3n) is 3.69. The SMILES string of the molecule is CCn1c(CC(N)Cc2ccccn2)nc2ccccc21. The maximum Gasteiger partial charge on any atom is 0.111 e. The van der Waals surface area contributed by atoms with Gasteiger partial charge in [-0.3, -0.25) is 4.98 Å². The molecule has 0 amide bonds. The predicted molar refractivity (Wildman–Crippen MR) is 85.0 cm³/mol. The smallest absolute Gasteiger partial charge is 0.111 e. The first-order valence-corrected chi connectivity index (χ1v) is 7.37. The summed E-state index contributed by atoms with van der Waals surface area (Å²) in [6.07, 6.45) is 3.34. The van der Waals surface area contributed by atoms with E-state index in [0.29, 0.717) is 0 Å². The van der Waals surface area contributed by atoms with E-state index in [1.807, 2.05) is 36.5 Å². The zero-order valence-corrected chi connectivity index (χ0v) is 12.2. The number of para-hydroxylation sites is 2. The maximum atomic E-state index is 6.29. The number of fused-ring (bicyclic) bond motifs is 1. The molecule has 1 aromatic carbocycles. The third-order valence-corrected chi connectivity index (χ3v) is 3.69. The lowest BCUT2D eigenvalue weighted by atomic mass is 10.1. The normalized spacial score (nSPS) is 12.7. The zero-order valence-electron chi connectivity index (χ0n) is 12.2. The Balaban J connectivity index is 1.81. The van der Waals surface area contributed by atoms with Crippen molar-refractivity contribution in [3.05, 3.63) is 60.2 Å². The summed E-state index contributed by atoms with van der Waals surface area (Å²) in [6, 6.07) is 14.2. The second-order valence-electron chi connectivity index (χ2n) is 5.25. The quantitative estimate of drug-likeness (QED) is 0.781. The van der Waals surface area contributed by atoms with Gasteiger partial charge in [0.2, 0.25) is 0 Å². The Morgan fingerprint density at radius 1 is 1.10 bits per heavy atom. The van der Waals surface area contributed by atoms with Gasteiger partial charge in [-0.1, -0.05) is 18.2 Å². The molecule has 2 N–H and O–H groups in total. The van der Waals surface area contributed by atoms with E-state index in [9.17, 15) is 0 Å². The second-order valence-corrected chi connectivity index (χ2v) is 5.25. The molecule has 0 spiro atoms. The number of nitrogens with zero attached hydrogens (tertiary/aromatic N) is 3. The van der Waals surface area contributed by atoms with Gasteiger partial charge in [0, 0.05) is 37.3 Å². The lowest BCUT2D eigenvalue weighted by Crippen LogP contribution is -2.27. The molecule has 2 aromatic heterocycles. The summed E-state index contributed by atoms with van der Waals surface area (Å²) in [5.74, 6) is 1.06. The van der Waals surface area contributed by atoms with E-state index in [4.69, 9.17) is 10.7 Å². The van der Waals surface area contributed by atoms with Gasteiger partial charge in [0.15, 0.2) is 0 Å². The molecule has 0 aliphatic heterocycles. The van der Waals surface area contributed by atoms with Crippen molar-refractivity contribution < 1.29 is 0 Å². The van der Waals surface area contributed by atoms with Crippen LogP contribution in [0.1, 0.15) is 18.4 Å². The number of aryl methyl sites for hydroxylation is 1. The van der Waals surface area contributed by atoms with Gasteiger partial charge in [0.05, 0.1) is 11.0 Å². The van der Waals surface area contributed by atoms with E-state index in [1.54, 1.807) is 0 Å². The van der Waals surface area contributed by atoms with Crippen molar-refractivity contribution in [2.75, 3.05) is 0 Å². The van der Waals surface area contributed by atoms with Gasteiger partial charge in [-0.2, -0.15) is 0 Å². The van der Waals surface area contributed by atoms with Crippen LogP contribution in [0.25, 0.3) is 11.0 Å². The van der Waals surface area contributed by atoms with Gasteiger partial charge in [0.25, 0.3) is 0 Å². The first-order valence-electron chi connectivity index (χ1n) is 7.37. The number of aromatic nitrogens is 3. The molecule has 21 heavy (non-hydrogen) atoms. The molecule has 0 fully saturated rings. The Morgan fingerprint density at radius 3 is 2.67 bits per heavy atom. The first kappa shape index (κ1) is 13.8. The molecule has 0 aliphatic rings. The van der Waals surface area contributed by atoms with Crippen molar-refractivity contribution in [2.24, 2.45) is 5.73 Å². The molecular formula is C17H20N4. The first-order chi connectivity index (χ1) is 10.3. The molecule has 1 atom stereocenters. The predicted octanol–water partition coefficient (Wildman–Crippen LogP) is 2.56. The highest BCUT2D eigenvalue weighted by Gasteiger charge is 2.13. The van der Waals surface area contributed by atoms with E-state index in [2.05, 4.69) is 28.6 Å². The van der Waals surface area contributed by atoms with Crippen LogP contribution >= 0.6 is 0 Å². The van der Waals surface area contributed by atoms with Crippen LogP contribution in [0.5, 0.6) is 0 Å². The van der Waals surface area contributed by atoms with E-state index < -0.39 is 0 Å². The Kier molecular flexibility index (Phi) is 3.97. The fraction of sp³-hybridized carbons (Fsp3) is 0.294. The minimum atomic E-state index is 0.0296. The summed E-state index contributed by atoms with van der Waals surface area (Å²) >= 11 is 0. The molecule has 3 aromatic rings. The van der Waals surface area contributed by atoms with Gasteiger partial charge in [-0.15, -0.1) is 0 Å². The van der Waals surface area contributed by atoms with Crippen molar-refractivity contribution >= 4 is 11.0 Å². The summed E-state index contributed by atoms with van der Waals surface area (Å²) < 4.78 is 2.24. The van der Waals surface area contributed by atoms with Crippen LogP contribution in [0.15, 0.2) is 48.7 Å². The molecule has 2 heterocycles. The third kappa shape index (κ3) is 2.95. The summed E-state index contributed by atoms with van der Waals surface area (Å²) in [5, 5.41) is 0. The van der Waals surface area contributed by atoms with Crippen LogP contribution in [0, 0.1) is 0 Å². The van der Waals surface area contributed by atoms with Crippen LogP contribution in [0.2, 0.25) is 0 Å². The highest BCUT2D eigenvalue weighted by atomic mass is 15.1. The summed E-state index contributed by atoms with van der Waals surface area (Å²) in [5.41, 5.74) is 9.54. The number of imidazole rings is 1. The molecule has 0 saturated heterocycles. The Labute approximate surface area is 124 Å². The Hall–Kier alpha value is -2.20. The average Bonchev–Trinajstić information content (AvgIpc) is 2.85. The molecule has 3 rings (SSSR count). The standard InChI is InChI=1S/C17H20N4/c1-2-21-16-9-4-3-8-15(16)20-17(21)12-13(18)11-14-7-5-6-10-19-14/h3-10,13H,2,11-12,18H2,1H3. The highest BCUT2D eigenvalue weighted by Crippen LogP contribution is 2.17. The molecule has 4 heteroatoms. The maximum absolute atomic E-state index is 6.29. The molecule has 108 valence electrons. The fourth-order valence-electron chi connectivity index (χ4n) is 2.73. The number of pyridine rings is 1. The monoisotopic (exact) mass is 280 g/mol. The fourth-order valence-corrected chi connectivity index (χ4v) is 2.73. The van der Waals surface area contributed by atoms with Crippen LogP contribution < -0.4 is 5.73 Å². The van der Waals surface area contributed by atoms with Gasteiger partial charge in [-0.05, 0) is 31.2 Å². The minimum Gasteiger partial charge on any atom is -0.328 e. The molecule has 1 unspecified atom stereocenters. The van der Waals surface area contributed by atoms with Gasteiger partial charge >= 0.3 is 0 Å². The molecule has 0 saturated carbocycles. The lowest BCUT2D eigenvalue weighted by molar-refractivity contribution is 0.602.